The van der Waals surface area contributed by atoms with Crippen molar-refractivity contribution in [3.8, 4) is 17.1 Å². The number of benzene rings is 2. The van der Waals surface area contributed by atoms with E-state index in [1.807, 2.05) is 61.5 Å². The Balaban J connectivity index is 1.46. The van der Waals surface area contributed by atoms with E-state index in [-0.39, 0.29) is 17.6 Å². The summed E-state index contributed by atoms with van der Waals surface area (Å²) in [4.78, 5) is 15.3. The van der Waals surface area contributed by atoms with Gasteiger partial charge in [-0.25, -0.2) is 0 Å². The third-order valence-electron chi connectivity index (χ3n) is 5.24. The molecule has 2 aromatic carbocycles. The van der Waals surface area contributed by atoms with E-state index < -0.39 is 0 Å². The number of carbonyl (C=O) groups is 1. The number of hydrogen-bond donors (Lipinski definition) is 1. The summed E-state index contributed by atoms with van der Waals surface area (Å²) in [6.07, 6.45) is 0. The van der Waals surface area contributed by atoms with Gasteiger partial charge in [-0.15, -0.1) is 0 Å². The van der Waals surface area contributed by atoms with Crippen molar-refractivity contribution in [1.29, 1.82) is 0 Å². The molecule has 0 radical (unpaired) electrons. The molecule has 1 saturated heterocycles. The number of carbonyl (C=O) groups excluding carboxylic acids is 1. The molecule has 1 atom stereocenters. The highest BCUT2D eigenvalue weighted by Gasteiger charge is 2.22. The number of nitrogens with zero attached hydrogens (tertiary/aromatic N) is 2. The van der Waals surface area contributed by atoms with Crippen molar-refractivity contribution in [3.05, 3.63) is 71.9 Å². The van der Waals surface area contributed by atoms with E-state index in [0.29, 0.717) is 32.1 Å². The molecule has 31 heavy (non-hydrogen) atoms. The van der Waals surface area contributed by atoms with E-state index in [1.54, 1.807) is 6.07 Å². The smallest absolute Gasteiger partial charge is 0.274 e. The number of hydrogen-bond acceptors (Lipinski definition) is 6. The Morgan fingerprint density at radius 1 is 1.13 bits per heavy atom. The first-order valence-electron chi connectivity index (χ1n) is 10.6. The Kier molecular flexibility index (Phi) is 6.96. The van der Waals surface area contributed by atoms with Gasteiger partial charge in [0.15, 0.2) is 11.5 Å². The van der Waals surface area contributed by atoms with E-state index in [2.05, 4.69) is 15.4 Å². The maximum Gasteiger partial charge on any atom is 0.274 e. The molecule has 0 saturated carbocycles. The predicted molar refractivity (Wildman–Crippen MR) is 117 cm³/mol. The molecule has 1 aliphatic heterocycles. The molecule has 7 heteroatoms. The van der Waals surface area contributed by atoms with E-state index in [1.165, 1.54) is 0 Å². The van der Waals surface area contributed by atoms with Crippen LogP contribution in [0.2, 0.25) is 0 Å². The second kappa shape index (κ2) is 10.2. The lowest BCUT2D eigenvalue weighted by Crippen LogP contribution is -2.43. The molecule has 2 heterocycles. The highest BCUT2D eigenvalue weighted by Crippen LogP contribution is 2.24. The number of ether oxygens (including phenoxy) is 2. The summed E-state index contributed by atoms with van der Waals surface area (Å²) in [5.74, 6) is 1.07. The average Bonchev–Trinajstić information content (AvgIpc) is 3.31. The number of amides is 1. The Hall–Kier alpha value is -3.16. The lowest BCUT2D eigenvalue weighted by molar-refractivity contribution is 0.0332. The fourth-order valence-corrected chi connectivity index (χ4v) is 3.59. The maximum absolute atomic E-state index is 13.0. The van der Waals surface area contributed by atoms with Gasteiger partial charge < -0.3 is 19.3 Å². The van der Waals surface area contributed by atoms with E-state index in [4.69, 9.17) is 14.0 Å². The molecule has 162 valence electrons. The van der Waals surface area contributed by atoms with Gasteiger partial charge in [0, 0.05) is 31.3 Å². The molecule has 1 N–H and O–H groups in total. The minimum Gasteiger partial charge on any atom is -0.494 e. The molecule has 0 bridgehead atoms. The number of aromatic nitrogens is 1. The zero-order valence-electron chi connectivity index (χ0n) is 17.6. The van der Waals surface area contributed by atoms with Crippen LogP contribution >= 0.6 is 0 Å². The SMILES string of the molecule is CCOc1ccc(-c2cc(C(=O)N[C@H](CN3CCOCC3)c3ccccc3)no2)cc1. The topological polar surface area (TPSA) is 76.8 Å². The summed E-state index contributed by atoms with van der Waals surface area (Å²) >= 11 is 0. The van der Waals surface area contributed by atoms with Crippen LogP contribution in [0, 0.1) is 0 Å². The molecule has 7 nitrogen and oxygen atoms in total. The van der Waals surface area contributed by atoms with Crippen molar-refractivity contribution in [2.24, 2.45) is 0 Å². The fourth-order valence-electron chi connectivity index (χ4n) is 3.59. The third-order valence-corrected chi connectivity index (χ3v) is 5.24. The summed E-state index contributed by atoms with van der Waals surface area (Å²) in [7, 11) is 0. The number of rotatable bonds is 8. The first kappa shape index (κ1) is 21.1. The molecule has 1 aliphatic rings. The fraction of sp³-hybridized carbons (Fsp3) is 0.333. The lowest BCUT2D eigenvalue weighted by Gasteiger charge is -2.31. The van der Waals surface area contributed by atoms with Crippen LogP contribution in [0.5, 0.6) is 5.75 Å². The third kappa shape index (κ3) is 5.51. The largest absolute Gasteiger partial charge is 0.494 e. The first-order valence-corrected chi connectivity index (χ1v) is 10.6. The van der Waals surface area contributed by atoms with Crippen molar-refractivity contribution in [2.45, 2.75) is 13.0 Å². The highest BCUT2D eigenvalue weighted by atomic mass is 16.5. The molecule has 4 rings (SSSR count). The van der Waals surface area contributed by atoms with Crippen molar-refractivity contribution >= 4 is 5.91 Å². The van der Waals surface area contributed by atoms with Crippen LogP contribution < -0.4 is 10.1 Å². The summed E-state index contributed by atoms with van der Waals surface area (Å²) in [5, 5.41) is 7.12. The molecular formula is C24H27N3O4. The van der Waals surface area contributed by atoms with Gasteiger partial charge in [-0.05, 0) is 36.8 Å². The minimum atomic E-state index is -0.261. The van der Waals surface area contributed by atoms with Gasteiger partial charge in [0.1, 0.15) is 5.75 Å². The van der Waals surface area contributed by atoms with Gasteiger partial charge in [0.25, 0.3) is 5.91 Å². The lowest BCUT2D eigenvalue weighted by atomic mass is 10.1. The zero-order valence-corrected chi connectivity index (χ0v) is 17.6. The quantitative estimate of drug-likeness (QED) is 0.600. The van der Waals surface area contributed by atoms with E-state index in [9.17, 15) is 4.79 Å². The molecule has 1 amide bonds. The van der Waals surface area contributed by atoms with Crippen LogP contribution in [0.15, 0.2) is 65.2 Å². The van der Waals surface area contributed by atoms with Crippen molar-refractivity contribution in [3.63, 3.8) is 0 Å². The maximum atomic E-state index is 13.0. The second-order valence-corrected chi connectivity index (χ2v) is 7.38. The molecule has 0 unspecified atom stereocenters. The Morgan fingerprint density at radius 2 is 1.87 bits per heavy atom. The predicted octanol–water partition coefficient (Wildman–Crippen LogP) is 3.54. The van der Waals surface area contributed by atoms with E-state index in [0.717, 1.165) is 30.0 Å². The van der Waals surface area contributed by atoms with Crippen molar-refractivity contribution in [2.75, 3.05) is 39.5 Å². The van der Waals surface area contributed by atoms with Crippen LogP contribution in [-0.4, -0.2) is 55.4 Å². The van der Waals surface area contributed by atoms with Gasteiger partial charge in [0.05, 0.1) is 25.9 Å². The van der Waals surface area contributed by atoms with E-state index >= 15 is 0 Å². The normalized spacial score (nSPS) is 15.4. The van der Waals surface area contributed by atoms with Gasteiger partial charge in [-0.3, -0.25) is 9.69 Å². The highest BCUT2D eigenvalue weighted by molar-refractivity contribution is 5.93. The van der Waals surface area contributed by atoms with Crippen LogP contribution in [-0.2, 0) is 4.74 Å². The van der Waals surface area contributed by atoms with Crippen LogP contribution in [0.4, 0.5) is 0 Å². The summed E-state index contributed by atoms with van der Waals surface area (Å²) in [6.45, 7) is 6.39. The Bertz CT molecular complexity index is 966. The minimum absolute atomic E-state index is 0.155. The molecular weight excluding hydrogens is 394 g/mol. The Labute approximate surface area is 181 Å². The summed E-state index contributed by atoms with van der Waals surface area (Å²) in [5.41, 5.74) is 2.15. The Morgan fingerprint density at radius 3 is 2.58 bits per heavy atom. The monoisotopic (exact) mass is 421 g/mol. The molecule has 1 aromatic heterocycles. The molecule has 1 fully saturated rings. The molecule has 3 aromatic rings. The van der Waals surface area contributed by atoms with Gasteiger partial charge >= 0.3 is 0 Å². The molecule has 0 spiro atoms. The zero-order chi connectivity index (χ0) is 21.5. The van der Waals surface area contributed by atoms with Crippen LogP contribution in [0.1, 0.15) is 29.0 Å². The summed E-state index contributed by atoms with van der Waals surface area (Å²) < 4.78 is 16.3. The summed E-state index contributed by atoms with van der Waals surface area (Å²) in [6, 6.07) is 19.0. The number of nitrogens with one attached hydrogen (secondary N) is 1. The van der Waals surface area contributed by atoms with Crippen LogP contribution in [0.25, 0.3) is 11.3 Å². The molecule has 0 aliphatic carbocycles. The standard InChI is InChI=1S/C24H27N3O4/c1-2-30-20-10-8-19(9-11-20)23-16-21(26-31-23)24(28)25-22(18-6-4-3-5-7-18)17-27-12-14-29-15-13-27/h3-11,16,22H,2,12-15,17H2,1H3,(H,25,28)/t22-/m1/s1. The van der Waals surface area contributed by atoms with Gasteiger partial charge in [-0.2, -0.15) is 0 Å². The first-order chi connectivity index (χ1) is 15.2. The van der Waals surface area contributed by atoms with Gasteiger partial charge in [-0.1, -0.05) is 35.5 Å². The number of morpholine rings is 1. The van der Waals surface area contributed by atoms with Crippen LogP contribution in [0.3, 0.4) is 0 Å². The van der Waals surface area contributed by atoms with Gasteiger partial charge in [0.2, 0.25) is 0 Å². The van der Waals surface area contributed by atoms with Crippen molar-refractivity contribution in [1.82, 2.24) is 15.4 Å². The van der Waals surface area contributed by atoms with Crippen molar-refractivity contribution < 1.29 is 18.8 Å². The second-order valence-electron chi connectivity index (χ2n) is 7.38. The average molecular weight is 421 g/mol.